The monoisotopic (exact) mass is 219 g/mol. The van der Waals surface area contributed by atoms with Crippen LogP contribution in [0.25, 0.3) is 10.6 Å². The minimum atomic E-state index is 0.848. The van der Waals surface area contributed by atoms with Crippen LogP contribution in [0.3, 0.4) is 0 Å². The summed E-state index contributed by atoms with van der Waals surface area (Å²) in [5.74, 6) is 0.848. The van der Waals surface area contributed by atoms with Gasteiger partial charge < -0.3 is 5.32 Å². The molecule has 0 spiro atoms. The van der Waals surface area contributed by atoms with Gasteiger partial charge in [-0.15, -0.1) is 11.3 Å². The topological polar surface area (TPSA) is 37.8 Å². The van der Waals surface area contributed by atoms with Crippen LogP contribution in [0, 0.1) is 13.8 Å². The lowest BCUT2D eigenvalue weighted by Gasteiger charge is -2.08. The smallest absolute Gasteiger partial charge is 0.153 e. The van der Waals surface area contributed by atoms with Crippen LogP contribution in [0.4, 0.5) is 5.82 Å². The maximum absolute atomic E-state index is 4.57. The highest BCUT2D eigenvalue weighted by atomic mass is 32.1. The summed E-state index contributed by atoms with van der Waals surface area (Å²) in [6.45, 7) is 3.96. The number of rotatable bonds is 2. The van der Waals surface area contributed by atoms with Gasteiger partial charge in [-0.05, 0) is 25.3 Å². The van der Waals surface area contributed by atoms with Gasteiger partial charge in [0, 0.05) is 7.05 Å². The van der Waals surface area contributed by atoms with Crippen LogP contribution in [0.5, 0.6) is 0 Å². The molecule has 0 amide bonds. The van der Waals surface area contributed by atoms with Gasteiger partial charge in [0.1, 0.15) is 5.69 Å². The van der Waals surface area contributed by atoms with Gasteiger partial charge in [-0.2, -0.15) is 0 Å². The lowest BCUT2D eigenvalue weighted by molar-refractivity contribution is 1.05. The van der Waals surface area contributed by atoms with E-state index in [4.69, 9.17) is 0 Å². The molecule has 0 aliphatic rings. The van der Waals surface area contributed by atoms with Crippen molar-refractivity contribution in [1.82, 2.24) is 9.97 Å². The van der Waals surface area contributed by atoms with E-state index in [0.717, 1.165) is 27.8 Å². The molecule has 0 aliphatic carbocycles. The normalized spacial score (nSPS) is 10.3. The maximum atomic E-state index is 4.57. The second kappa shape index (κ2) is 3.98. The van der Waals surface area contributed by atoms with Crippen molar-refractivity contribution in [1.29, 1.82) is 0 Å². The van der Waals surface area contributed by atoms with Gasteiger partial charge in [0.25, 0.3) is 0 Å². The lowest BCUT2D eigenvalue weighted by atomic mass is 10.3. The highest BCUT2D eigenvalue weighted by Crippen LogP contribution is 2.28. The first-order valence-corrected chi connectivity index (χ1v) is 5.67. The van der Waals surface area contributed by atoms with Gasteiger partial charge in [-0.25, -0.2) is 9.97 Å². The third-order valence-corrected chi connectivity index (χ3v) is 3.17. The lowest BCUT2D eigenvalue weighted by Crippen LogP contribution is -2.01. The maximum Gasteiger partial charge on any atom is 0.153 e. The van der Waals surface area contributed by atoms with Gasteiger partial charge in [0.05, 0.1) is 16.3 Å². The molecule has 2 aromatic rings. The van der Waals surface area contributed by atoms with E-state index < -0.39 is 0 Å². The molecule has 0 saturated heterocycles. The summed E-state index contributed by atoms with van der Waals surface area (Å²) in [6, 6.07) is 4.08. The van der Waals surface area contributed by atoms with Crippen LogP contribution >= 0.6 is 11.3 Å². The minimum absolute atomic E-state index is 0.848. The van der Waals surface area contributed by atoms with Crippen LogP contribution < -0.4 is 5.32 Å². The molecule has 4 heteroatoms. The van der Waals surface area contributed by atoms with Crippen molar-refractivity contribution in [3.05, 3.63) is 28.9 Å². The quantitative estimate of drug-likeness (QED) is 0.844. The summed E-state index contributed by atoms with van der Waals surface area (Å²) < 4.78 is 0. The molecule has 1 N–H and O–H groups in total. The predicted octanol–water partition coefficient (Wildman–Crippen LogP) is 2.86. The summed E-state index contributed by atoms with van der Waals surface area (Å²) in [6.07, 6.45) is 0. The van der Waals surface area contributed by atoms with Crippen molar-refractivity contribution in [3.63, 3.8) is 0 Å². The SMILES string of the molecule is CNc1nc(C)c(C)nc1-c1cccs1. The largest absolute Gasteiger partial charge is 0.371 e. The Bertz CT molecular complexity index is 463. The second-order valence-electron chi connectivity index (χ2n) is 3.32. The van der Waals surface area contributed by atoms with Gasteiger partial charge in [-0.3, -0.25) is 0 Å². The number of nitrogens with zero attached hydrogens (tertiary/aromatic N) is 2. The number of hydrogen-bond acceptors (Lipinski definition) is 4. The Morgan fingerprint density at radius 3 is 2.53 bits per heavy atom. The highest BCUT2D eigenvalue weighted by molar-refractivity contribution is 7.13. The number of aromatic nitrogens is 2. The first-order chi connectivity index (χ1) is 7.22. The third-order valence-electron chi connectivity index (χ3n) is 2.30. The third kappa shape index (κ3) is 1.85. The molecule has 78 valence electrons. The second-order valence-corrected chi connectivity index (χ2v) is 4.27. The average Bonchev–Trinajstić information content (AvgIpc) is 2.74. The Hall–Kier alpha value is -1.42. The zero-order valence-corrected chi connectivity index (χ0v) is 9.85. The average molecular weight is 219 g/mol. The first kappa shape index (κ1) is 10.1. The summed E-state index contributed by atoms with van der Waals surface area (Å²) in [7, 11) is 1.87. The Labute approximate surface area is 93.2 Å². The van der Waals surface area contributed by atoms with Crippen LogP contribution in [0.1, 0.15) is 11.4 Å². The van der Waals surface area contributed by atoms with E-state index in [9.17, 15) is 0 Å². The number of thiophene rings is 1. The molecule has 0 aliphatic heterocycles. The van der Waals surface area contributed by atoms with E-state index in [-0.39, 0.29) is 0 Å². The zero-order valence-electron chi connectivity index (χ0n) is 9.03. The summed E-state index contributed by atoms with van der Waals surface area (Å²) >= 11 is 1.68. The molecule has 0 bridgehead atoms. The Morgan fingerprint density at radius 2 is 1.93 bits per heavy atom. The fraction of sp³-hybridized carbons (Fsp3) is 0.273. The van der Waals surface area contributed by atoms with E-state index in [0.29, 0.717) is 0 Å². The summed E-state index contributed by atoms with van der Waals surface area (Å²) in [4.78, 5) is 10.2. The van der Waals surface area contributed by atoms with E-state index in [1.165, 1.54) is 0 Å². The number of hydrogen-bond donors (Lipinski definition) is 1. The van der Waals surface area contributed by atoms with E-state index >= 15 is 0 Å². The van der Waals surface area contributed by atoms with Crippen molar-refractivity contribution < 1.29 is 0 Å². The van der Waals surface area contributed by atoms with Gasteiger partial charge in [0.2, 0.25) is 0 Å². The van der Waals surface area contributed by atoms with E-state index in [1.807, 2.05) is 32.3 Å². The molecule has 0 aromatic carbocycles. The van der Waals surface area contributed by atoms with Crippen molar-refractivity contribution in [2.75, 3.05) is 12.4 Å². The molecule has 0 saturated carbocycles. The van der Waals surface area contributed by atoms with Crippen LogP contribution in [0.15, 0.2) is 17.5 Å². The molecular formula is C11H13N3S. The highest BCUT2D eigenvalue weighted by Gasteiger charge is 2.10. The molecule has 2 aromatic heterocycles. The molecule has 2 heterocycles. The summed E-state index contributed by atoms with van der Waals surface area (Å²) in [5.41, 5.74) is 2.90. The van der Waals surface area contributed by atoms with Gasteiger partial charge in [0.15, 0.2) is 5.82 Å². The minimum Gasteiger partial charge on any atom is -0.371 e. The van der Waals surface area contributed by atoms with Crippen LogP contribution in [-0.2, 0) is 0 Å². The van der Waals surface area contributed by atoms with Gasteiger partial charge >= 0.3 is 0 Å². The molecule has 15 heavy (non-hydrogen) atoms. The molecule has 0 fully saturated rings. The molecule has 0 atom stereocenters. The van der Waals surface area contributed by atoms with E-state index in [2.05, 4.69) is 21.4 Å². The Morgan fingerprint density at radius 1 is 1.20 bits per heavy atom. The van der Waals surface area contributed by atoms with Crippen molar-refractivity contribution in [2.45, 2.75) is 13.8 Å². The Balaban J connectivity index is 2.60. The predicted molar refractivity (Wildman–Crippen MR) is 64.4 cm³/mol. The van der Waals surface area contributed by atoms with Crippen LogP contribution in [-0.4, -0.2) is 17.0 Å². The molecule has 0 radical (unpaired) electrons. The molecule has 0 unspecified atom stereocenters. The van der Waals surface area contributed by atoms with Crippen molar-refractivity contribution in [3.8, 4) is 10.6 Å². The summed E-state index contributed by atoms with van der Waals surface area (Å²) in [5, 5.41) is 5.13. The number of aryl methyl sites for hydroxylation is 2. The number of anilines is 1. The molecule has 2 rings (SSSR count). The molecular weight excluding hydrogens is 206 g/mol. The standard InChI is InChI=1S/C11H13N3S/c1-7-8(2)14-11(12-3)10(13-7)9-5-4-6-15-9/h4-6H,1-3H3,(H,12,14). The number of nitrogens with one attached hydrogen (secondary N) is 1. The van der Waals surface area contributed by atoms with Crippen molar-refractivity contribution >= 4 is 17.2 Å². The fourth-order valence-electron chi connectivity index (χ4n) is 1.36. The van der Waals surface area contributed by atoms with Gasteiger partial charge in [-0.1, -0.05) is 6.07 Å². The zero-order chi connectivity index (χ0) is 10.8. The molecule has 3 nitrogen and oxygen atoms in total. The van der Waals surface area contributed by atoms with Crippen LogP contribution in [0.2, 0.25) is 0 Å². The van der Waals surface area contributed by atoms with Crippen molar-refractivity contribution in [2.24, 2.45) is 0 Å². The van der Waals surface area contributed by atoms with E-state index in [1.54, 1.807) is 11.3 Å². The fourth-order valence-corrected chi connectivity index (χ4v) is 2.08. The Kier molecular flexibility index (Phi) is 2.68. The first-order valence-electron chi connectivity index (χ1n) is 4.79.